The van der Waals surface area contributed by atoms with Gasteiger partial charge in [-0.25, -0.2) is 9.59 Å². The molecule has 38 heavy (non-hydrogen) atoms. The van der Waals surface area contributed by atoms with Gasteiger partial charge in [-0.05, 0) is 73.2 Å². The number of carbonyl (C=O) groups excluding carboxylic acids is 2. The molecule has 2 unspecified atom stereocenters. The van der Waals surface area contributed by atoms with Crippen LogP contribution in [0.5, 0.6) is 11.5 Å². The monoisotopic (exact) mass is 526 g/mol. The van der Waals surface area contributed by atoms with Gasteiger partial charge in [-0.1, -0.05) is 65.7 Å². The molecular weight excluding hydrogens is 480 g/mol. The summed E-state index contributed by atoms with van der Waals surface area (Å²) in [4.78, 5) is 24.6. The Morgan fingerprint density at radius 3 is 1.84 bits per heavy atom. The van der Waals surface area contributed by atoms with Gasteiger partial charge in [0.05, 0.1) is 24.3 Å². The summed E-state index contributed by atoms with van der Waals surface area (Å²) in [7, 11) is 1.77. The van der Waals surface area contributed by atoms with Gasteiger partial charge in [-0.3, -0.25) is 0 Å². The Hall–Kier alpha value is -2.86. The fourth-order valence-corrected chi connectivity index (χ4v) is 3.97. The zero-order chi connectivity index (χ0) is 27.6. The van der Waals surface area contributed by atoms with Gasteiger partial charge in [0.2, 0.25) is 0 Å². The minimum atomic E-state index is -0.461. The summed E-state index contributed by atoms with van der Waals surface area (Å²) in [6.07, 6.45) is 10.8. The molecule has 6 heteroatoms. The summed E-state index contributed by atoms with van der Waals surface area (Å²) in [6, 6.07) is 13.4. The van der Waals surface area contributed by atoms with E-state index in [4.69, 9.17) is 18.9 Å². The van der Waals surface area contributed by atoms with E-state index in [0.717, 1.165) is 25.2 Å². The van der Waals surface area contributed by atoms with E-state index in [0.29, 0.717) is 41.9 Å². The van der Waals surface area contributed by atoms with Crippen LogP contribution in [0, 0.1) is 11.8 Å². The third-order valence-corrected chi connectivity index (χ3v) is 6.65. The number of hydrogen-bond acceptors (Lipinski definition) is 6. The molecule has 2 atom stereocenters. The summed E-state index contributed by atoms with van der Waals surface area (Å²) in [5.74, 6) is 1.25. The van der Waals surface area contributed by atoms with Crippen LogP contribution in [0.25, 0.3) is 0 Å². The maximum atomic E-state index is 12.5. The van der Waals surface area contributed by atoms with E-state index in [1.165, 1.54) is 44.9 Å². The Bertz CT molecular complexity index is 922. The molecule has 0 saturated heterocycles. The van der Waals surface area contributed by atoms with Crippen LogP contribution in [0.1, 0.15) is 99.3 Å². The van der Waals surface area contributed by atoms with E-state index in [1.807, 2.05) is 6.92 Å². The number of esters is 2. The quantitative estimate of drug-likeness (QED) is 0.105. The van der Waals surface area contributed by atoms with Gasteiger partial charge in [-0.2, -0.15) is 0 Å². The van der Waals surface area contributed by atoms with E-state index in [9.17, 15) is 9.59 Å². The van der Waals surface area contributed by atoms with Crippen LogP contribution < -0.4 is 9.47 Å². The molecule has 0 radical (unpaired) electrons. The molecule has 0 spiro atoms. The van der Waals surface area contributed by atoms with Crippen molar-refractivity contribution < 1.29 is 28.5 Å². The van der Waals surface area contributed by atoms with Gasteiger partial charge in [-0.15, -0.1) is 0 Å². The van der Waals surface area contributed by atoms with E-state index in [-0.39, 0.29) is 5.97 Å². The number of hydrogen-bond donors (Lipinski definition) is 0. The van der Waals surface area contributed by atoms with Crippen molar-refractivity contribution in [2.24, 2.45) is 11.8 Å². The van der Waals surface area contributed by atoms with Gasteiger partial charge < -0.3 is 18.9 Å². The average molecular weight is 527 g/mol. The molecule has 0 N–H and O–H groups in total. The summed E-state index contributed by atoms with van der Waals surface area (Å²) < 4.78 is 21.7. The van der Waals surface area contributed by atoms with Crippen LogP contribution in [-0.2, 0) is 9.47 Å². The predicted octanol–water partition coefficient (Wildman–Crippen LogP) is 7.89. The third-order valence-electron chi connectivity index (χ3n) is 6.65. The van der Waals surface area contributed by atoms with Crippen LogP contribution >= 0.6 is 0 Å². The summed E-state index contributed by atoms with van der Waals surface area (Å²) in [5.41, 5.74) is 0.865. The number of unbranched alkanes of at least 4 members (excludes halogenated alkanes) is 6. The molecule has 0 heterocycles. The topological polar surface area (TPSA) is 71.1 Å². The first-order valence-corrected chi connectivity index (χ1v) is 14.1. The maximum absolute atomic E-state index is 12.5. The first-order valence-electron chi connectivity index (χ1n) is 14.1. The van der Waals surface area contributed by atoms with Gasteiger partial charge >= 0.3 is 11.9 Å². The molecule has 6 nitrogen and oxygen atoms in total. The van der Waals surface area contributed by atoms with Gasteiger partial charge in [0, 0.05) is 13.7 Å². The minimum absolute atomic E-state index is 0.321. The van der Waals surface area contributed by atoms with Crippen molar-refractivity contribution in [1.82, 2.24) is 0 Å². The third kappa shape index (κ3) is 12.6. The molecule has 0 aromatic heterocycles. The first-order chi connectivity index (χ1) is 18.4. The van der Waals surface area contributed by atoms with Crippen LogP contribution in [0.15, 0.2) is 48.5 Å². The molecule has 0 aliphatic rings. The summed E-state index contributed by atoms with van der Waals surface area (Å²) >= 11 is 0. The van der Waals surface area contributed by atoms with Crippen molar-refractivity contribution in [3.63, 3.8) is 0 Å². The largest absolute Gasteiger partial charge is 0.494 e. The Balaban J connectivity index is 1.61. The Morgan fingerprint density at radius 2 is 1.24 bits per heavy atom. The van der Waals surface area contributed by atoms with Gasteiger partial charge in [0.15, 0.2) is 0 Å². The lowest BCUT2D eigenvalue weighted by Gasteiger charge is -2.10. The van der Waals surface area contributed by atoms with Crippen molar-refractivity contribution in [3.05, 3.63) is 59.7 Å². The number of carbonyl (C=O) groups is 2. The van der Waals surface area contributed by atoms with Gasteiger partial charge in [0.1, 0.15) is 11.5 Å². The van der Waals surface area contributed by atoms with E-state index >= 15 is 0 Å². The Morgan fingerprint density at radius 1 is 0.684 bits per heavy atom. The highest BCUT2D eigenvalue weighted by molar-refractivity contribution is 5.92. The molecule has 0 amide bonds. The number of benzene rings is 2. The summed E-state index contributed by atoms with van der Waals surface area (Å²) in [6.45, 7) is 8.26. The van der Waals surface area contributed by atoms with Crippen molar-refractivity contribution in [2.75, 3.05) is 26.9 Å². The maximum Gasteiger partial charge on any atom is 0.343 e. The lowest BCUT2D eigenvalue weighted by atomic mass is 10.0. The second-order valence-electron chi connectivity index (χ2n) is 10.2. The minimum Gasteiger partial charge on any atom is -0.494 e. The molecule has 210 valence electrons. The highest BCUT2D eigenvalue weighted by atomic mass is 16.5. The standard InChI is InChI=1S/C32H46O6/c1-5-25(2)24-37-31(33)27-16-20-30(21-17-27)38-32(34)28-14-18-29(19-15-28)36-22-12-10-8-6-7-9-11-13-26(3)23-35-4/h14-21,25-26H,5-13,22-24H2,1-4H3. The lowest BCUT2D eigenvalue weighted by Crippen LogP contribution is -2.12. The van der Waals surface area contributed by atoms with Crippen molar-refractivity contribution >= 4 is 11.9 Å². The number of methoxy groups -OCH3 is 1. The van der Waals surface area contributed by atoms with Crippen LogP contribution in [0.3, 0.4) is 0 Å². The second kappa shape index (κ2) is 18.4. The first kappa shape index (κ1) is 31.4. The molecule has 0 saturated carbocycles. The molecule has 2 rings (SSSR count). The SMILES string of the molecule is CCC(C)COC(=O)c1ccc(OC(=O)c2ccc(OCCCCCCCCCC(C)COC)cc2)cc1. The van der Waals surface area contributed by atoms with E-state index < -0.39 is 5.97 Å². The molecule has 0 fully saturated rings. The van der Waals surface area contributed by atoms with Gasteiger partial charge in [0.25, 0.3) is 0 Å². The lowest BCUT2D eigenvalue weighted by molar-refractivity contribution is 0.0447. The van der Waals surface area contributed by atoms with E-state index in [2.05, 4.69) is 13.8 Å². The fraction of sp³-hybridized carbons (Fsp3) is 0.562. The molecule has 2 aromatic rings. The highest BCUT2D eigenvalue weighted by Crippen LogP contribution is 2.18. The highest BCUT2D eigenvalue weighted by Gasteiger charge is 2.12. The van der Waals surface area contributed by atoms with Crippen molar-refractivity contribution in [2.45, 2.75) is 78.6 Å². The normalized spacial score (nSPS) is 12.5. The Kier molecular flexibility index (Phi) is 15.2. The Labute approximate surface area is 229 Å². The van der Waals surface area contributed by atoms with Crippen molar-refractivity contribution in [3.8, 4) is 11.5 Å². The number of ether oxygens (including phenoxy) is 4. The smallest absolute Gasteiger partial charge is 0.343 e. The fourth-order valence-electron chi connectivity index (χ4n) is 3.97. The van der Waals surface area contributed by atoms with Crippen LogP contribution in [0.2, 0.25) is 0 Å². The molecule has 2 aromatic carbocycles. The number of rotatable bonds is 19. The predicted molar refractivity (Wildman–Crippen MR) is 151 cm³/mol. The van der Waals surface area contributed by atoms with Crippen LogP contribution in [0.4, 0.5) is 0 Å². The summed E-state index contributed by atoms with van der Waals surface area (Å²) in [5, 5.41) is 0. The zero-order valence-corrected chi connectivity index (χ0v) is 23.7. The zero-order valence-electron chi connectivity index (χ0n) is 23.7. The molecular formula is C32H46O6. The molecule has 0 aliphatic carbocycles. The average Bonchev–Trinajstić information content (AvgIpc) is 2.93. The second-order valence-corrected chi connectivity index (χ2v) is 10.2. The van der Waals surface area contributed by atoms with E-state index in [1.54, 1.807) is 55.6 Å². The molecule has 0 bridgehead atoms. The van der Waals surface area contributed by atoms with Crippen molar-refractivity contribution in [1.29, 1.82) is 0 Å². The van der Waals surface area contributed by atoms with Crippen LogP contribution in [-0.4, -0.2) is 38.9 Å². The molecule has 0 aliphatic heterocycles.